The van der Waals surface area contributed by atoms with Crippen LogP contribution in [0.25, 0.3) is 4.85 Å². The van der Waals surface area contributed by atoms with Crippen molar-refractivity contribution in [1.29, 1.82) is 0 Å². The maximum absolute atomic E-state index is 9.19. The lowest BCUT2D eigenvalue weighted by molar-refractivity contribution is 0.267. The SMILES string of the molecule is [C-]#[N+]c1c(C)cc(Oc2c(C3CC3)nn(CCO)c2C)cc1C. The van der Waals surface area contributed by atoms with E-state index in [2.05, 4.69) is 9.94 Å². The Morgan fingerprint density at radius 2 is 1.96 bits per heavy atom. The van der Waals surface area contributed by atoms with Crippen molar-refractivity contribution in [2.75, 3.05) is 6.61 Å². The summed E-state index contributed by atoms with van der Waals surface area (Å²) in [6.45, 7) is 13.6. The number of aromatic nitrogens is 2. The fourth-order valence-corrected chi connectivity index (χ4v) is 2.88. The number of aliphatic hydroxyl groups is 1. The Bertz CT molecular complexity index is 759. The quantitative estimate of drug-likeness (QED) is 0.848. The molecule has 1 fully saturated rings. The van der Waals surface area contributed by atoms with Crippen LogP contribution in [0, 0.1) is 27.3 Å². The van der Waals surface area contributed by atoms with Crippen LogP contribution in [0.3, 0.4) is 0 Å². The van der Waals surface area contributed by atoms with Crippen LogP contribution in [0.15, 0.2) is 12.1 Å². The highest BCUT2D eigenvalue weighted by Gasteiger charge is 2.32. The van der Waals surface area contributed by atoms with Crippen molar-refractivity contribution < 1.29 is 9.84 Å². The van der Waals surface area contributed by atoms with Crippen molar-refractivity contribution in [3.63, 3.8) is 0 Å². The molecule has 1 heterocycles. The van der Waals surface area contributed by atoms with E-state index in [4.69, 9.17) is 11.3 Å². The summed E-state index contributed by atoms with van der Waals surface area (Å²) in [6, 6.07) is 3.81. The molecule has 0 spiro atoms. The van der Waals surface area contributed by atoms with E-state index in [-0.39, 0.29) is 6.61 Å². The maximum atomic E-state index is 9.19. The van der Waals surface area contributed by atoms with Crippen LogP contribution < -0.4 is 4.74 Å². The lowest BCUT2D eigenvalue weighted by atomic mass is 10.1. The fraction of sp³-hybridized carbons (Fsp3) is 0.444. The maximum Gasteiger partial charge on any atom is 0.193 e. The molecule has 0 aliphatic heterocycles. The molecule has 1 saturated carbocycles. The van der Waals surface area contributed by atoms with Gasteiger partial charge in [-0.15, -0.1) is 0 Å². The molecule has 1 aliphatic rings. The average molecular weight is 311 g/mol. The fourth-order valence-electron chi connectivity index (χ4n) is 2.88. The number of nitrogens with zero attached hydrogens (tertiary/aromatic N) is 3. The van der Waals surface area contributed by atoms with Gasteiger partial charge in [-0.3, -0.25) is 4.68 Å². The number of hydrogen-bond acceptors (Lipinski definition) is 3. The predicted octanol–water partition coefficient (Wildman–Crippen LogP) is 4.02. The average Bonchev–Trinajstić information content (AvgIpc) is 3.29. The first-order valence-electron chi connectivity index (χ1n) is 7.90. The second-order valence-corrected chi connectivity index (χ2v) is 6.14. The molecule has 1 aromatic heterocycles. The van der Waals surface area contributed by atoms with Gasteiger partial charge in [0.2, 0.25) is 0 Å². The van der Waals surface area contributed by atoms with Crippen molar-refractivity contribution >= 4 is 5.69 Å². The van der Waals surface area contributed by atoms with Crippen molar-refractivity contribution in [1.82, 2.24) is 9.78 Å². The second kappa shape index (κ2) is 6.05. The molecule has 0 bridgehead atoms. The molecule has 0 radical (unpaired) electrons. The summed E-state index contributed by atoms with van der Waals surface area (Å²) in [7, 11) is 0. The van der Waals surface area contributed by atoms with Gasteiger partial charge in [-0.2, -0.15) is 5.10 Å². The Morgan fingerprint density at radius 3 is 2.48 bits per heavy atom. The summed E-state index contributed by atoms with van der Waals surface area (Å²) in [5.74, 6) is 2.00. The monoisotopic (exact) mass is 311 g/mol. The highest BCUT2D eigenvalue weighted by Crippen LogP contribution is 2.46. The molecule has 3 rings (SSSR count). The minimum atomic E-state index is 0.0595. The molecule has 0 saturated heterocycles. The van der Waals surface area contributed by atoms with E-state index in [0.29, 0.717) is 18.2 Å². The molecule has 23 heavy (non-hydrogen) atoms. The Hall–Kier alpha value is -2.32. The van der Waals surface area contributed by atoms with Gasteiger partial charge in [0, 0.05) is 5.92 Å². The molecule has 0 unspecified atom stereocenters. The molecule has 1 aliphatic carbocycles. The van der Waals surface area contributed by atoms with E-state index in [1.54, 1.807) is 0 Å². The second-order valence-electron chi connectivity index (χ2n) is 6.14. The summed E-state index contributed by atoms with van der Waals surface area (Å²) < 4.78 is 7.98. The van der Waals surface area contributed by atoms with Gasteiger partial charge in [0.05, 0.1) is 25.4 Å². The molecular formula is C18H21N3O2. The van der Waals surface area contributed by atoms with E-state index in [1.165, 1.54) is 0 Å². The molecule has 0 amide bonds. The summed E-state index contributed by atoms with van der Waals surface area (Å²) in [6.07, 6.45) is 2.28. The number of rotatable bonds is 5. The largest absolute Gasteiger partial charge is 0.454 e. The Balaban J connectivity index is 1.98. The zero-order valence-corrected chi connectivity index (χ0v) is 13.8. The summed E-state index contributed by atoms with van der Waals surface area (Å²) >= 11 is 0. The van der Waals surface area contributed by atoms with Crippen molar-refractivity contribution in [3.8, 4) is 11.5 Å². The van der Waals surface area contributed by atoms with Gasteiger partial charge >= 0.3 is 0 Å². The standard InChI is InChI=1S/C18H21N3O2/c1-11-9-15(10-12(2)16(11)19-4)23-18-13(3)21(7-8-22)20-17(18)14-5-6-14/h9-10,14,22H,5-8H2,1-3H3. The third-order valence-electron chi connectivity index (χ3n) is 4.25. The molecule has 5 heteroatoms. The van der Waals surface area contributed by atoms with Gasteiger partial charge in [0.1, 0.15) is 11.4 Å². The predicted molar refractivity (Wildman–Crippen MR) is 88.3 cm³/mol. The highest BCUT2D eigenvalue weighted by atomic mass is 16.5. The molecule has 2 aromatic rings. The van der Waals surface area contributed by atoms with Gasteiger partial charge in [-0.1, -0.05) is 0 Å². The van der Waals surface area contributed by atoms with Crippen LogP contribution in [0.1, 0.15) is 41.3 Å². The van der Waals surface area contributed by atoms with Crippen LogP contribution in [-0.4, -0.2) is 21.5 Å². The Labute approximate surface area is 136 Å². The summed E-state index contributed by atoms with van der Waals surface area (Å²) in [4.78, 5) is 3.57. The van der Waals surface area contributed by atoms with Gasteiger partial charge in [-0.25, -0.2) is 4.85 Å². The van der Waals surface area contributed by atoms with Crippen LogP contribution in [0.2, 0.25) is 0 Å². The first kappa shape index (κ1) is 15.6. The smallest absolute Gasteiger partial charge is 0.193 e. The molecular weight excluding hydrogens is 290 g/mol. The van der Waals surface area contributed by atoms with Gasteiger partial charge in [0.15, 0.2) is 11.4 Å². The van der Waals surface area contributed by atoms with E-state index in [1.807, 2.05) is 37.6 Å². The topological polar surface area (TPSA) is 51.6 Å². The third-order valence-corrected chi connectivity index (χ3v) is 4.25. The number of hydrogen-bond donors (Lipinski definition) is 1. The number of aliphatic hydroxyl groups excluding tert-OH is 1. The molecule has 1 N–H and O–H groups in total. The van der Waals surface area contributed by atoms with E-state index < -0.39 is 0 Å². The van der Waals surface area contributed by atoms with Crippen LogP contribution >= 0.6 is 0 Å². The van der Waals surface area contributed by atoms with Crippen LogP contribution in [0.4, 0.5) is 5.69 Å². The van der Waals surface area contributed by atoms with Crippen molar-refractivity contribution in [2.45, 2.75) is 46.1 Å². The summed E-state index contributed by atoms with van der Waals surface area (Å²) in [5.41, 5.74) is 4.45. The molecule has 5 nitrogen and oxygen atoms in total. The van der Waals surface area contributed by atoms with Crippen molar-refractivity contribution in [2.24, 2.45) is 0 Å². The molecule has 120 valence electrons. The normalized spacial score (nSPS) is 13.9. The third kappa shape index (κ3) is 2.95. The Kier molecular flexibility index (Phi) is 4.10. The van der Waals surface area contributed by atoms with Crippen molar-refractivity contribution in [3.05, 3.63) is 46.1 Å². The first-order chi connectivity index (χ1) is 11.0. The molecule has 1 aromatic carbocycles. The minimum Gasteiger partial charge on any atom is -0.454 e. The van der Waals surface area contributed by atoms with Gasteiger partial charge < -0.3 is 9.84 Å². The number of aryl methyl sites for hydroxylation is 2. The zero-order valence-electron chi connectivity index (χ0n) is 13.8. The Morgan fingerprint density at radius 1 is 1.30 bits per heavy atom. The summed E-state index contributed by atoms with van der Waals surface area (Å²) in [5, 5.41) is 13.8. The number of benzene rings is 1. The van der Waals surface area contributed by atoms with E-state index in [9.17, 15) is 5.11 Å². The van der Waals surface area contributed by atoms with Crippen LogP contribution in [-0.2, 0) is 6.54 Å². The first-order valence-corrected chi connectivity index (χ1v) is 7.90. The highest BCUT2D eigenvalue weighted by molar-refractivity contribution is 5.61. The lowest BCUT2D eigenvalue weighted by Gasteiger charge is -2.11. The van der Waals surface area contributed by atoms with Gasteiger partial charge in [-0.05, 0) is 56.9 Å². The lowest BCUT2D eigenvalue weighted by Crippen LogP contribution is -2.06. The van der Waals surface area contributed by atoms with E-state index >= 15 is 0 Å². The van der Waals surface area contributed by atoms with Crippen LogP contribution in [0.5, 0.6) is 11.5 Å². The minimum absolute atomic E-state index is 0.0595. The zero-order chi connectivity index (χ0) is 16.6. The number of ether oxygens (including phenoxy) is 1. The van der Waals surface area contributed by atoms with E-state index in [0.717, 1.165) is 46.9 Å². The molecule has 0 atom stereocenters. The van der Waals surface area contributed by atoms with Gasteiger partial charge in [0.25, 0.3) is 0 Å².